The van der Waals surface area contributed by atoms with E-state index in [-0.39, 0.29) is 6.29 Å². The average Bonchev–Trinajstić information content (AvgIpc) is 2.46. The van der Waals surface area contributed by atoms with E-state index in [9.17, 15) is 0 Å². The van der Waals surface area contributed by atoms with E-state index in [1.807, 2.05) is 24.3 Å². The van der Waals surface area contributed by atoms with Crippen LogP contribution in [-0.4, -0.2) is 31.0 Å². The summed E-state index contributed by atoms with van der Waals surface area (Å²) in [6.45, 7) is 1.45. The fraction of sp³-hybridized carbons (Fsp3) is 0.357. The highest BCUT2D eigenvalue weighted by molar-refractivity contribution is 7.99. The lowest BCUT2D eigenvalue weighted by atomic mass is 10.1. The van der Waals surface area contributed by atoms with E-state index in [4.69, 9.17) is 14.7 Å². The molecule has 3 nitrogen and oxygen atoms in total. The predicted octanol–water partition coefficient (Wildman–Crippen LogP) is 2.68. The Balaban J connectivity index is 1.89. The van der Waals surface area contributed by atoms with Gasteiger partial charge in [0.25, 0.3) is 0 Å². The molecule has 1 aromatic rings. The Morgan fingerprint density at radius 3 is 2.50 bits per heavy atom. The molecule has 1 fully saturated rings. The molecule has 0 saturated carbocycles. The van der Waals surface area contributed by atoms with E-state index >= 15 is 0 Å². The number of benzene rings is 1. The van der Waals surface area contributed by atoms with Crippen molar-refractivity contribution in [2.24, 2.45) is 0 Å². The monoisotopic (exact) mass is 261 g/mol. The first-order valence-corrected chi connectivity index (χ1v) is 7.05. The molecule has 0 radical (unpaired) electrons. The number of thioether (sulfide) groups is 1. The van der Waals surface area contributed by atoms with Crippen molar-refractivity contribution in [1.82, 2.24) is 0 Å². The van der Waals surface area contributed by atoms with Crippen molar-refractivity contribution in [3.63, 3.8) is 0 Å². The molecule has 1 aliphatic rings. The molecular weight excluding hydrogens is 246 g/mol. The normalized spacial score (nSPS) is 24.0. The summed E-state index contributed by atoms with van der Waals surface area (Å²) in [6.07, 6.45) is 5.65. The maximum atomic E-state index is 8.70. The highest BCUT2D eigenvalue weighted by Crippen LogP contribution is 2.16. The fourth-order valence-electron chi connectivity index (χ4n) is 1.61. The van der Waals surface area contributed by atoms with Crippen molar-refractivity contribution in [3.05, 3.63) is 41.5 Å². The standard InChI is InChI=1S/C14H15NO2S/c1-18-13-9-16-14(17-10-13)7-6-11-2-4-12(8-15)5-3-11/h2-7,13-14H,9-10H2,1H3. The van der Waals surface area contributed by atoms with Gasteiger partial charge in [-0.1, -0.05) is 18.2 Å². The van der Waals surface area contributed by atoms with Crippen LogP contribution in [0.2, 0.25) is 0 Å². The second kappa shape index (κ2) is 6.60. The summed E-state index contributed by atoms with van der Waals surface area (Å²) < 4.78 is 11.1. The third-order valence-corrected chi connectivity index (χ3v) is 3.65. The number of hydrogen-bond donors (Lipinski definition) is 0. The zero-order valence-electron chi connectivity index (χ0n) is 10.2. The Morgan fingerprint density at radius 1 is 1.28 bits per heavy atom. The van der Waals surface area contributed by atoms with Crippen LogP contribution < -0.4 is 0 Å². The molecule has 0 unspecified atom stereocenters. The molecule has 0 aliphatic carbocycles. The first-order chi connectivity index (χ1) is 8.81. The van der Waals surface area contributed by atoms with Gasteiger partial charge in [-0.05, 0) is 30.0 Å². The summed E-state index contributed by atoms with van der Waals surface area (Å²) in [6, 6.07) is 9.50. The van der Waals surface area contributed by atoms with Gasteiger partial charge in [0, 0.05) is 0 Å². The molecule has 1 saturated heterocycles. The number of rotatable bonds is 3. The van der Waals surface area contributed by atoms with Gasteiger partial charge in [0.15, 0.2) is 6.29 Å². The van der Waals surface area contributed by atoms with Crippen LogP contribution in [0, 0.1) is 11.3 Å². The molecule has 1 heterocycles. The minimum absolute atomic E-state index is 0.260. The summed E-state index contributed by atoms with van der Waals surface area (Å²) in [5.41, 5.74) is 1.70. The first kappa shape index (κ1) is 13.2. The molecule has 2 rings (SSSR count). The molecule has 0 aromatic heterocycles. The van der Waals surface area contributed by atoms with Crippen molar-refractivity contribution in [2.75, 3.05) is 19.5 Å². The minimum Gasteiger partial charge on any atom is -0.348 e. The fourth-order valence-corrected chi connectivity index (χ4v) is 2.04. The highest BCUT2D eigenvalue weighted by atomic mass is 32.2. The molecule has 18 heavy (non-hydrogen) atoms. The van der Waals surface area contributed by atoms with Crippen LogP contribution in [0.1, 0.15) is 11.1 Å². The summed E-state index contributed by atoms with van der Waals surface area (Å²) >= 11 is 1.76. The van der Waals surface area contributed by atoms with Crippen molar-refractivity contribution in [2.45, 2.75) is 11.5 Å². The summed E-state index contributed by atoms with van der Waals surface area (Å²) in [5.74, 6) is 0. The molecule has 0 amide bonds. The van der Waals surface area contributed by atoms with Crippen molar-refractivity contribution in [1.29, 1.82) is 5.26 Å². The molecular formula is C14H15NO2S. The summed E-state index contributed by atoms with van der Waals surface area (Å²) in [4.78, 5) is 0. The van der Waals surface area contributed by atoms with Crippen LogP contribution >= 0.6 is 11.8 Å². The second-order valence-electron chi connectivity index (χ2n) is 3.99. The van der Waals surface area contributed by atoms with Crippen molar-refractivity contribution < 1.29 is 9.47 Å². The Kier molecular flexibility index (Phi) is 4.82. The quantitative estimate of drug-likeness (QED) is 0.839. The number of nitriles is 1. The lowest BCUT2D eigenvalue weighted by Gasteiger charge is -2.26. The van der Waals surface area contributed by atoms with Crippen molar-refractivity contribution >= 4 is 17.8 Å². The van der Waals surface area contributed by atoms with Gasteiger partial charge in [-0.2, -0.15) is 17.0 Å². The average molecular weight is 261 g/mol. The van der Waals surface area contributed by atoms with E-state index in [2.05, 4.69) is 12.3 Å². The zero-order chi connectivity index (χ0) is 12.8. The topological polar surface area (TPSA) is 42.2 Å². The van der Waals surface area contributed by atoms with E-state index < -0.39 is 0 Å². The minimum atomic E-state index is -0.260. The third kappa shape index (κ3) is 3.61. The molecule has 1 aliphatic heterocycles. The molecule has 1 aromatic carbocycles. The van der Waals surface area contributed by atoms with Gasteiger partial charge < -0.3 is 9.47 Å². The van der Waals surface area contributed by atoms with Crippen LogP contribution in [0.15, 0.2) is 30.3 Å². The summed E-state index contributed by atoms with van der Waals surface area (Å²) in [5, 5.41) is 9.14. The predicted molar refractivity (Wildman–Crippen MR) is 73.2 cm³/mol. The van der Waals surface area contributed by atoms with E-state index in [1.54, 1.807) is 23.9 Å². The van der Waals surface area contributed by atoms with Gasteiger partial charge in [-0.15, -0.1) is 0 Å². The first-order valence-electron chi connectivity index (χ1n) is 5.76. The van der Waals surface area contributed by atoms with Gasteiger partial charge in [-0.3, -0.25) is 0 Å². The lowest BCUT2D eigenvalue weighted by Crippen LogP contribution is -2.32. The third-order valence-electron chi connectivity index (χ3n) is 2.71. The van der Waals surface area contributed by atoms with Gasteiger partial charge in [-0.25, -0.2) is 0 Å². The van der Waals surface area contributed by atoms with E-state index in [0.29, 0.717) is 10.8 Å². The molecule has 0 atom stereocenters. The van der Waals surface area contributed by atoms with E-state index in [0.717, 1.165) is 18.8 Å². The largest absolute Gasteiger partial charge is 0.348 e. The van der Waals surface area contributed by atoms with Gasteiger partial charge in [0.2, 0.25) is 0 Å². The van der Waals surface area contributed by atoms with Crippen LogP contribution in [0.25, 0.3) is 6.08 Å². The summed E-state index contributed by atoms with van der Waals surface area (Å²) in [7, 11) is 0. The number of nitrogens with zero attached hydrogens (tertiary/aromatic N) is 1. The Labute approximate surface area is 111 Å². The SMILES string of the molecule is CSC1COC(C=Cc2ccc(C#N)cc2)OC1. The second-order valence-corrected chi connectivity index (χ2v) is 5.12. The van der Waals surface area contributed by atoms with Gasteiger partial charge >= 0.3 is 0 Å². The van der Waals surface area contributed by atoms with Crippen LogP contribution in [0.5, 0.6) is 0 Å². The van der Waals surface area contributed by atoms with Crippen LogP contribution in [0.3, 0.4) is 0 Å². The van der Waals surface area contributed by atoms with Crippen LogP contribution in [-0.2, 0) is 9.47 Å². The molecule has 94 valence electrons. The molecule has 0 spiro atoms. The van der Waals surface area contributed by atoms with Gasteiger partial charge in [0.05, 0.1) is 30.1 Å². The number of ether oxygens (including phenoxy) is 2. The maximum absolute atomic E-state index is 8.70. The molecule has 4 heteroatoms. The Morgan fingerprint density at radius 2 is 1.94 bits per heavy atom. The smallest absolute Gasteiger partial charge is 0.177 e. The molecule has 0 N–H and O–H groups in total. The Bertz CT molecular complexity index is 442. The maximum Gasteiger partial charge on any atom is 0.177 e. The van der Waals surface area contributed by atoms with Crippen molar-refractivity contribution in [3.8, 4) is 6.07 Å². The Hall–Kier alpha value is -1.28. The zero-order valence-corrected chi connectivity index (χ0v) is 11.0. The van der Waals surface area contributed by atoms with Crippen LogP contribution in [0.4, 0.5) is 0 Å². The van der Waals surface area contributed by atoms with E-state index in [1.165, 1.54) is 0 Å². The lowest BCUT2D eigenvalue weighted by molar-refractivity contribution is -0.145. The molecule has 0 bridgehead atoms. The highest BCUT2D eigenvalue weighted by Gasteiger charge is 2.18. The van der Waals surface area contributed by atoms with Gasteiger partial charge in [0.1, 0.15) is 0 Å². The number of hydrogen-bond acceptors (Lipinski definition) is 4.